The molecule has 0 radical (unpaired) electrons. The first-order valence-electron chi connectivity index (χ1n) is 4.78. The summed E-state index contributed by atoms with van der Waals surface area (Å²) < 4.78 is 0. The van der Waals surface area contributed by atoms with Crippen LogP contribution in [0.5, 0.6) is 0 Å². The number of primary amides is 1. The molecule has 2 unspecified atom stereocenters. The Bertz CT molecular complexity index is 375. The summed E-state index contributed by atoms with van der Waals surface area (Å²) >= 11 is 0. The smallest absolute Gasteiger partial charge is 0.220 e. The molecule has 1 aromatic rings. The summed E-state index contributed by atoms with van der Waals surface area (Å²) in [5, 5.41) is 19.2. The van der Waals surface area contributed by atoms with E-state index in [1.54, 1.807) is 19.1 Å². The molecule has 2 atom stereocenters. The van der Waals surface area contributed by atoms with Crippen molar-refractivity contribution in [1.82, 2.24) is 4.98 Å². The predicted molar refractivity (Wildman–Crippen MR) is 58.2 cm³/mol. The number of hydrogen-bond donors (Lipinski definition) is 4. The lowest BCUT2D eigenvalue weighted by molar-refractivity contribution is -0.121. The second-order valence-electron chi connectivity index (χ2n) is 3.68. The molecule has 0 bridgehead atoms. The van der Waals surface area contributed by atoms with Crippen LogP contribution in [0.1, 0.15) is 23.8 Å². The molecule has 1 aromatic heterocycles. The van der Waals surface area contributed by atoms with E-state index in [0.717, 1.165) is 5.56 Å². The van der Waals surface area contributed by atoms with Crippen molar-refractivity contribution in [3.63, 3.8) is 0 Å². The van der Waals surface area contributed by atoms with Crippen molar-refractivity contribution in [2.24, 2.45) is 5.73 Å². The number of pyridine rings is 1. The molecule has 0 fully saturated rings. The largest absolute Gasteiger partial charge is 0.389 e. The summed E-state index contributed by atoms with van der Waals surface area (Å²) in [6.07, 6.45) is -2.86. The van der Waals surface area contributed by atoms with Crippen LogP contribution in [-0.4, -0.2) is 27.2 Å². The summed E-state index contributed by atoms with van der Waals surface area (Å²) in [5.74, 6) is -0.437. The van der Waals surface area contributed by atoms with Crippen LogP contribution in [0.15, 0.2) is 12.1 Å². The van der Waals surface area contributed by atoms with E-state index in [2.05, 4.69) is 4.98 Å². The lowest BCUT2D eigenvalue weighted by Gasteiger charge is -2.16. The summed E-state index contributed by atoms with van der Waals surface area (Å²) in [6.45, 7) is 1.79. The molecule has 88 valence electrons. The van der Waals surface area contributed by atoms with E-state index in [4.69, 9.17) is 11.5 Å². The monoisotopic (exact) mass is 225 g/mol. The van der Waals surface area contributed by atoms with E-state index in [1.165, 1.54) is 0 Å². The highest BCUT2D eigenvalue weighted by atomic mass is 16.3. The molecular weight excluding hydrogens is 210 g/mol. The quantitative estimate of drug-likeness (QED) is 0.536. The lowest BCUT2D eigenvalue weighted by atomic mass is 10.1. The number of aliphatic hydroxyl groups excluding tert-OH is 2. The van der Waals surface area contributed by atoms with Gasteiger partial charge in [0.15, 0.2) is 0 Å². The van der Waals surface area contributed by atoms with Gasteiger partial charge >= 0.3 is 0 Å². The maximum atomic E-state index is 10.6. The zero-order valence-electron chi connectivity index (χ0n) is 8.92. The van der Waals surface area contributed by atoms with Crippen LogP contribution in [0.2, 0.25) is 0 Å². The molecule has 6 N–H and O–H groups in total. The van der Waals surface area contributed by atoms with Crippen LogP contribution in [0.3, 0.4) is 0 Å². The van der Waals surface area contributed by atoms with E-state index in [0.29, 0.717) is 0 Å². The molecule has 0 spiro atoms. The maximum absolute atomic E-state index is 10.6. The van der Waals surface area contributed by atoms with Gasteiger partial charge in [-0.25, -0.2) is 4.98 Å². The van der Waals surface area contributed by atoms with Gasteiger partial charge in [0.1, 0.15) is 11.9 Å². The molecule has 16 heavy (non-hydrogen) atoms. The molecule has 1 heterocycles. The summed E-state index contributed by atoms with van der Waals surface area (Å²) in [6, 6.07) is 3.22. The minimum absolute atomic E-state index is 0.228. The Balaban J connectivity index is 2.86. The number of carbonyl (C=O) groups is 1. The third-order valence-electron chi connectivity index (χ3n) is 2.09. The first-order chi connectivity index (χ1) is 7.40. The standard InChI is InChI=1S/C10H15N3O3/c1-5-2-6(13-8(11)3-5)10(16)7(14)4-9(12)15/h2-3,7,10,14,16H,4H2,1H3,(H2,11,13)(H2,12,15). The van der Waals surface area contributed by atoms with Crippen LogP contribution in [0, 0.1) is 6.92 Å². The Morgan fingerprint density at radius 3 is 2.62 bits per heavy atom. The van der Waals surface area contributed by atoms with Gasteiger partial charge in [-0.15, -0.1) is 0 Å². The Labute approximate surface area is 92.9 Å². The van der Waals surface area contributed by atoms with Gasteiger partial charge in [0.25, 0.3) is 0 Å². The molecule has 0 aliphatic rings. The third-order valence-corrected chi connectivity index (χ3v) is 2.09. The highest BCUT2D eigenvalue weighted by molar-refractivity contribution is 5.74. The zero-order valence-corrected chi connectivity index (χ0v) is 8.92. The number of anilines is 1. The second-order valence-corrected chi connectivity index (χ2v) is 3.68. The highest BCUT2D eigenvalue weighted by Crippen LogP contribution is 2.19. The van der Waals surface area contributed by atoms with Crippen LogP contribution >= 0.6 is 0 Å². The van der Waals surface area contributed by atoms with Crippen molar-refractivity contribution in [1.29, 1.82) is 0 Å². The second kappa shape index (κ2) is 4.91. The number of hydrogen-bond acceptors (Lipinski definition) is 5. The van der Waals surface area contributed by atoms with E-state index in [9.17, 15) is 15.0 Å². The number of aryl methyl sites for hydroxylation is 1. The van der Waals surface area contributed by atoms with Gasteiger partial charge < -0.3 is 21.7 Å². The normalized spacial score (nSPS) is 14.4. The topological polar surface area (TPSA) is 122 Å². The average Bonchev–Trinajstić information content (AvgIpc) is 2.13. The molecule has 6 nitrogen and oxygen atoms in total. The number of aliphatic hydroxyl groups is 2. The number of rotatable bonds is 4. The number of nitrogen functional groups attached to an aromatic ring is 1. The van der Waals surface area contributed by atoms with Crippen LogP contribution in [0.4, 0.5) is 5.82 Å². The van der Waals surface area contributed by atoms with E-state index >= 15 is 0 Å². The Morgan fingerprint density at radius 2 is 2.12 bits per heavy atom. The number of carbonyl (C=O) groups excluding carboxylic acids is 1. The molecule has 0 saturated heterocycles. The fourth-order valence-electron chi connectivity index (χ4n) is 1.39. The predicted octanol–water partition coefficient (Wildman–Crippen LogP) is -0.758. The Morgan fingerprint density at radius 1 is 1.50 bits per heavy atom. The van der Waals surface area contributed by atoms with Crippen molar-refractivity contribution in [2.45, 2.75) is 25.6 Å². The summed E-state index contributed by atoms with van der Waals surface area (Å²) in [4.78, 5) is 14.5. The first kappa shape index (κ1) is 12.4. The lowest BCUT2D eigenvalue weighted by Crippen LogP contribution is -2.26. The minimum atomic E-state index is -1.27. The minimum Gasteiger partial charge on any atom is -0.389 e. The summed E-state index contributed by atoms with van der Waals surface area (Å²) in [7, 11) is 0. The van der Waals surface area contributed by atoms with Crippen LogP contribution in [-0.2, 0) is 4.79 Å². The molecule has 1 amide bonds. The van der Waals surface area contributed by atoms with Gasteiger partial charge in [0.05, 0.1) is 18.2 Å². The van der Waals surface area contributed by atoms with Crippen molar-refractivity contribution >= 4 is 11.7 Å². The fourth-order valence-corrected chi connectivity index (χ4v) is 1.39. The van der Waals surface area contributed by atoms with Crippen molar-refractivity contribution in [2.75, 3.05) is 5.73 Å². The van der Waals surface area contributed by atoms with Gasteiger partial charge in [-0.2, -0.15) is 0 Å². The number of nitrogens with two attached hydrogens (primary N) is 2. The Kier molecular flexibility index (Phi) is 3.81. The average molecular weight is 225 g/mol. The van der Waals surface area contributed by atoms with Crippen LogP contribution < -0.4 is 11.5 Å². The number of amides is 1. The molecule has 0 aliphatic heterocycles. The zero-order chi connectivity index (χ0) is 12.3. The molecule has 0 saturated carbocycles. The summed E-state index contributed by atoms with van der Waals surface area (Å²) in [5.41, 5.74) is 11.5. The van der Waals surface area contributed by atoms with Gasteiger partial charge in [0, 0.05) is 0 Å². The van der Waals surface area contributed by atoms with E-state index in [-0.39, 0.29) is 17.9 Å². The molecule has 1 rings (SSSR count). The van der Waals surface area contributed by atoms with Gasteiger partial charge in [-0.3, -0.25) is 4.79 Å². The third kappa shape index (κ3) is 3.18. The SMILES string of the molecule is Cc1cc(N)nc(C(O)C(O)CC(N)=O)c1. The van der Waals surface area contributed by atoms with Crippen molar-refractivity contribution in [3.05, 3.63) is 23.4 Å². The van der Waals surface area contributed by atoms with Crippen molar-refractivity contribution in [3.8, 4) is 0 Å². The van der Waals surface area contributed by atoms with Crippen molar-refractivity contribution < 1.29 is 15.0 Å². The fraction of sp³-hybridized carbons (Fsp3) is 0.400. The van der Waals surface area contributed by atoms with E-state index in [1.807, 2.05) is 0 Å². The van der Waals surface area contributed by atoms with Gasteiger partial charge in [0.2, 0.25) is 5.91 Å². The molecule has 0 aromatic carbocycles. The van der Waals surface area contributed by atoms with Gasteiger partial charge in [-0.1, -0.05) is 0 Å². The number of aromatic nitrogens is 1. The number of nitrogens with zero attached hydrogens (tertiary/aromatic N) is 1. The van der Waals surface area contributed by atoms with E-state index < -0.39 is 18.1 Å². The Hall–Kier alpha value is -1.66. The molecule has 6 heteroatoms. The maximum Gasteiger partial charge on any atom is 0.220 e. The first-order valence-corrected chi connectivity index (χ1v) is 4.78. The van der Waals surface area contributed by atoms with Gasteiger partial charge in [-0.05, 0) is 24.6 Å². The molecule has 0 aliphatic carbocycles. The highest BCUT2D eigenvalue weighted by Gasteiger charge is 2.21. The van der Waals surface area contributed by atoms with Crippen LogP contribution in [0.25, 0.3) is 0 Å². The molecular formula is C10H15N3O3.